The molecule has 0 unspecified atom stereocenters. The number of fused-ring (bicyclic) bond motifs is 3. The van der Waals surface area contributed by atoms with Crippen molar-refractivity contribution in [2.24, 2.45) is 5.10 Å². The maximum absolute atomic E-state index is 12.9. The van der Waals surface area contributed by atoms with E-state index in [1.807, 2.05) is 0 Å². The summed E-state index contributed by atoms with van der Waals surface area (Å²) in [5.41, 5.74) is -1.49. The van der Waals surface area contributed by atoms with Gasteiger partial charge in [0.1, 0.15) is 22.8 Å². The molecule has 1 aromatic carbocycles. The normalized spacial score (nSPS) is 12.3. The number of ether oxygens (including phenoxy) is 1. The van der Waals surface area contributed by atoms with Crippen LogP contribution < -0.4 is 10.3 Å². The number of halogens is 3. The van der Waals surface area contributed by atoms with Gasteiger partial charge in [-0.25, -0.2) is 9.97 Å². The van der Waals surface area contributed by atoms with Gasteiger partial charge < -0.3 is 9.15 Å². The number of pyridine rings is 1. The summed E-state index contributed by atoms with van der Waals surface area (Å²) in [5.74, 6) is 0.861. The van der Waals surface area contributed by atoms with Crippen LogP contribution in [0.2, 0.25) is 0 Å². The van der Waals surface area contributed by atoms with Crippen molar-refractivity contribution in [3.63, 3.8) is 0 Å². The van der Waals surface area contributed by atoms with Crippen molar-refractivity contribution in [2.45, 2.75) is 13.1 Å². The van der Waals surface area contributed by atoms with E-state index in [1.165, 1.54) is 19.4 Å². The number of benzene rings is 1. The van der Waals surface area contributed by atoms with Crippen molar-refractivity contribution in [3.05, 3.63) is 63.8 Å². The summed E-state index contributed by atoms with van der Waals surface area (Å²) >= 11 is 0. The lowest BCUT2D eigenvalue weighted by Crippen LogP contribution is -2.20. The third kappa shape index (κ3) is 3.33. The van der Waals surface area contributed by atoms with E-state index >= 15 is 0 Å². The van der Waals surface area contributed by atoms with Crippen LogP contribution in [0.15, 0.2) is 50.7 Å². The molecule has 0 spiro atoms. The molecular formula is C19H13F3N4O3. The molecule has 4 rings (SSSR count). The van der Waals surface area contributed by atoms with Crippen LogP contribution in [-0.2, 0) is 6.18 Å². The highest BCUT2D eigenvalue weighted by Crippen LogP contribution is 2.31. The van der Waals surface area contributed by atoms with Crippen LogP contribution in [0.4, 0.5) is 13.2 Å². The lowest BCUT2D eigenvalue weighted by Gasteiger charge is -2.04. The molecule has 0 aliphatic heterocycles. The number of hydrogen-bond donors (Lipinski definition) is 0. The fraction of sp³-hybridized carbons (Fsp3) is 0.158. The Hall–Kier alpha value is -3.69. The average molecular weight is 402 g/mol. The Kier molecular flexibility index (Phi) is 4.33. The van der Waals surface area contributed by atoms with Gasteiger partial charge in [-0.2, -0.15) is 22.9 Å². The minimum atomic E-state index is -4.63. The highest BCUT2D eigenvalue weighted by molar-refractivity contribution is 6.00. The van der Waals surface area contributed by atoms with Crippen LogP contribution >= 0.6 is 0 Å². The van der Waals surface area contributed by atoms with Crippen molar-refractivity contribution < 1.29 is 22.3 Å². The molecule has 0 atom stereocenters. The number of nitrogens with zero attached hydrogens (tertiary/aromatic N) is 4. The molecule has 0 bridgehead atoms. The predicted octanol–water partition coefficient (Wildman–Crippen LogP) is 3.76. The summed E-state index contributed by atoms with van der Waals surface area (Å²) in [6.45, 7) is 1.56. The summed E-state index contributed by atoms with van der Waals surface area (Å²) in [5, 5.41) is 4.35. The monoisotopic (exact) mass is 402 g/mol. The second-order valence-corrected chi connectivity index (χ2v) is 6.12. The van der Waals surface area contributed by atoms with Crippen molar-refractivity contribution in [3.8, 4) is 5.75 Å². The van der Waals surface area contributed by atoms with Gasteiger partial charge in [0, 0.05) is 0 Å². The van der Waals surface area contributed by atoms with Crippen molar-refractivity contribution in [2.75, 3.05) is 7.11 Å². The quantitative estimate of drug-likeness (QED) is 0.488. The van der Waals surface area contributed by atoms with E-state index in [4.69, 9.17) is 9.15 Å². The fourth-order valence-corrected chi connectivity index (χ4v) is 2.81. The highest BCUT2D eigenvalue weighted by atomic mass is 19.4. The lowest BCUT2D eigenvalue weighted by atomic mass is 10.2. The average Bonchev–Trinajstić information content (AvgIpc) is 3.05. The first-order valence-corrected chi connectivity index (χ1v) is 8.36. The molecule has 148 valence electrons. The molecular weight excluding hydrogens is 389 g/mol. The zero-order valence-electron chi connectivity index (χ0n) is 15.2. The van der Waals surface area contributed by atoms with Crippen molar-refractivity contribution in [1.82, 2.24) is 14.6 Å². The van der Waals surface area contributed by atoms with Gasteiger partial charge in [-0.15, -0.1) is 0 Å². The third-order valence-electron chi connectivity index (χ3n) is 4.20. The molecule has 0 aliphatic carbocycles. The van der Waals surface area contributed by atoms with E-state index < -0.39 is 17.4 Å². The van der Waals surface area contributed by atoms with Gasteiger partial charge in [0.05, 0.1) is 18.7 Å². The first kappa shape index (κ1) is 18.7. The second-order valence-electron chi connectivity index (χ2n) is 6.12. The molecule has 0 saturated carbocycles. The van der Waals surface area contributed by atoms with Crippen LogP contribution in [0, 0.1) is 6.92 Å². The van der Waals surface area contributed by atoms with E-state index in [0.717, 1.165) is 10.7 Å². The van der Waals surface area contributed by atoms with Gasteiger partial charge >= 0.3 is 11.7 Å². The molecule has 0 radical (unpaired) electrons. The molecule has 4 aromatic rings. The number of methoxy groups -OCH3 is 1. The van der Waals surface area contributed by atoms with Gasteiger partial charge in [0.2, 0.25) is 11.3 Å². The third-order valence-corrected chi connectivity index (χ3v) is 4.20. The Bertz CT molecular complexity index is 1320. The summed E-state index contributed by atoms with van der Waals surface area (Å²) in [6, 6.07) is 9.02. The highest BCUT2D eigenvalue weighted by Gasteiger charge is 2.33. The minimum Gasteiger partial charge on any atom is -0.497 e. The van der Waals surface area contributed by atoms with Crippen LogP contribution in [0.25, 0.3) is 22.2 Å². The number of furan rings is 1. The Morgan fingerprint density at radius 3 is 2.72 bits per heavy atom. The second kappa shape index (κ2) is 6.73. The van der Waals surface area contributed by atoms with Gasteiger partial charge in [-0.3, -0.25) is 4.79 Å². The smallest absolute Gasteiger partial charge is 0.433 e. The van der Waals surface area contributed by atoms with Crippen LogP contribution in [-0.4, -0.2) is 28.0 Å². The topological polar surface area (TPSA) is 82.5 Å². The zero-order valence-corrected chi connectivity index (χ0v) is 15.2. The molecule has 10 heteroatoms. The minimum absolute atomic E-state index is 0.136. The molecule has 0 amide bonds. The standard InChI is InChI=1S/C19H13F3N4O3/c1-10-24-15-13-6-7-14(19(20,21)22)25-17(13)29-16(15)18(27)26(10)23-9-11-4-3-5-12(8-11)28-2/h3-9H,1-2H3/b23-9+. The van der Waals surface area contributed by atoms with Crippen molar-refractivity contribution in [1.29, 1.82) is 0 Å². The van der Waals surface area contributed by atoms with Gasteiger partial charge in [-0.05, 0) is 36.8 Å². The molecule has 0 fully saturated rings. The van der Waals surface area contributed by atoms with Crippen LogP contribution in [0.1, 0.15) is 17.1 Å². The largest absolute Gasteiger partial charge is 0.497 e. The molecule has 0 aliphatic rings. The van der Waals surface area contributed by atoms with Crippen LogP contribution in [0.5, 0.6) is 5.75 Å². The van der Waals surface area contributed by atoms with Gasteiger partial charge in [0.15, 0.2) is 0 Å². The first-order valence-electron chi connectivity index (χ1n) is 8.36. The molecule has 7 nitrogen and oxygen atoms in total. The zero-order chi connectivity index (χ0) is 20.8. The Morgan fingerprint density at radius 2 is 2.00 bits per heavy atom. The van der Waals surface area contributed by atoms with Crippen molar-refractivity contribution >= 4 is 28.4 Å². The predicted molar refractivity (Wildman–Crippen MR) is 99.3 cm³/mol. The number of alkyl halides is 3. The van der Waals surface area contributed by atoms with Gasteiger partial charge in [0.25, 0.3) is 0 Å². The molecule has 3 aromatic heterocycles. The van der Waals surface area contributed by atoms with E-state index in [2.05, 4.69) is 15.1 Å². The molecule has 0 N–H and O–H groups in total. The van der Waals surface area contributed by atoms with E-state index in [1.54, 1.807) is 31.2 Å². The molecule has 0 saturated heterocycles. The Balaban J connectivity index is 1.84. The maximum Gasteiger partial charge on any atom is 0.433 e. The summed E-state index contributed by atoms with van der Waals surface area (Å²) in [4.78, 5) is 20.5. The number of aromatic nitrogens is 3. The number of rotatable bonds is 3. The van der Waals surface area contributed by atoms with E-state index in [0.29, 0.717) is 11.3 Å². The number of hydrogen-bond acceptors (Lipinski definition) is 6. The molecule has 3 heterocycles. The molecule has 29 heavy (non-hydrogen) atoms. The summed E-state index contributed by atoms with van der Waals surface area (Å²) in [7, 11) is 1.53. The fourth-order valence-electron chi connectivity index (χ4n) is 2.81. The first-order chi connectivity index (χ1) is 13.8. The summed E-state index contributed by atoms with van der Waals surface area (Å²) < 4.78 is 50.1. The van der Waals surface area contributed by atoms with E-state index in [9.17, 15) is 18.0 Å². The maximum atomic E-state index is 12.9. The van der Waals surface area contributed by atoms with Crippen LogP contribution in [0.3, 0.4) is 0 Å². The summed E-state index contributed by atoms with van der Waals surface area (Å²) in [6.07, 6.45) is -3.19. The SMILES string of the molecule is COc1cccc(/C=N/n2c(C)nc3c(oc4nc(C(F)(F)F)ccc43)c2=O)c1. The van der Waals surface area contributed by atoms with Gasteiger partial charge in [-0.1, -0.05) is 12.1 Å². The Labute approximate surface area is 161 Å². The van der Waals surface area contributed by atoms with E-state index in [-0.39, 0.29) is 28.0 Å². The Morgan fingerprint density at radius 1 is 1.21 bits per heavy atom. The number of aryl methyl sites for hydroxylation is 1. The lowest BCUT2D eigenvalue weighted by molar-refractivity contribution is -0.141.